The highest BCUT2D eigenvalue weighted by Gasteiger charge is 2.28. The molecule has 1 aromatic rings. The maximum Gasteiger partial charge on any atom is 0.323 e. The van der Waals surface area contributed by atoms with Crippen LogP contribution in [0.1, 0.15) is 24.2 Å². The third-order valence-electron chi connectivity index (χ3n) is 2.58. The first-order valence-electron chi connectivity index (χ1n) is 5.70. The van der Waals surface area contributed by atoms with Crippen LogP contribution in [0.2, 0.25) is 0 Å². The van der Waals surface area contributed by atoms with Gasteiger partial charge in [-0.2, -0.15) is 0 Å². The molecule has 0 heterocycles. The minimum atomic E-state index is -1.24. The van der Waals surface area contributed by atoms with Crippen LogP contribution in [0.5, 0.6) is 0 Å². The highest BCUT2D eigenvalue weighted by Crippen LogP contribution is 2.22. The van der Waals surface area contributed by atoms with Crippen LogP contribution < -0.4 is 0 Å². The van der Waals surface area contributed by atoms with Crippen LogP contribution >= 0.6 is 0 Å². The van der Waals surface area contributed by atoms with Crippen molar-refractivity contribution in [3.05, 3.63) is 39.7 Å². The number of benzene rings is 1. The molecule has 0 saturated heterocycles. The Bertz CT molecular complexity index is 559. The normalized spacial score (nSPS) is 10.4. The number of carboxylic acid groups (broad SMARTS) is 1. The molecule has 0 saturated carbocycles. The first-order chi connectivity index (χ1) is 9.23. The molecule has 0 fully saturated rings. The molecule has 0 bridgehead atoms. The van der Waals surface area contributed by atoms with E-state index in [2.05, 4.69) is 0 Å². The van der Waals surface area contributed by atoms with Crippen LogP contribution in [0.3, 0.4) is 0 Å². The van der Waals surface area contributed by atoms with Crippen molar-refractivity contribution in [1.82, 2.24) is 4.90 Å². The number of hydrogen-bond donors (Lipinski definition) is 1. The summed E-state index contributed by atoms with van der Waals surface area (Å²) in [6.45, 7) is 2.57. The molecule has 0 radical (unpaired) electrons. The average molecular weight is 284 g/mol. The van der Waals surface area contributed by atoms with Crippen molar-refractivity contribution in [3.63, 3.8) is 0 Å². The molecule has 1 rings (SSSR count). The number of nitro groups is 1. The molecule has 0 atom stereocenters. The van der Waals surface area contributed by atoms with E-state index in [0.29, 0.717) is 6.07 Å². The van der Waals surface area contributed by atoms with E-state index in [1.54, 1.807) is 13.8 Å². The molecule has 7 nitrogen and oxygen atoms in total. The zero-order valence-electron chi connectivity index (χ0n) is 10.9. The van der Waals surface area contributed by atoms with Gasteiger partial charge in [0.1, 0.15) is 17.9 Å². The molecule has 108 valence electrons. The standard InChI is InChI=1S/C12H13FN2O5/c1-7(2)14(6-11(16)17)12(18)9-4-3-8(13)5-10(9)15(19)20/h3-5,7H,6H2,1-2H3,(H,16,17). The Kier molecular flexibility index (Phi) is 4.73. The topological polar surface area (TPSA) is 101 Å². The lowest BCUT2D eigenvalue weighted by Crippen LogP contribution is -2.40. The van der Waals surface area contributed by atoms with Gasteiger partial charge in [-0.3, -0.25) is 19.7 Å². The van der Waals surface area contributed by atoms with Gasteiger partial charge in [0.2, 0.25) is 0 Å². The van der Waals surface area contributed by atoms with Crippen LogP contribution in [0.15, 0.2) is 18.2 Å². The van der Waals surface area contributed by atoms with E-state index < -0.39 is 40.9 Å². The Morgan fingerprint density at radius 2 is 2.05 bits per heavy atom. The zero-order chi connectivity index (χ0) is 15.4. The first-order valence-corrected chi connectivity index (χ1v) is 5.70. The number of halogens is 1. The minimum absolute atomic E-state index is 0.341. The number of rotatable bonds is 5. The SMILES string of the molecule is CC(C)N(CC(=O)O)C(=O)c1ccc(F)cc1[N+](=O)[O-]. The Morgan fingerprint density at radius 1 is 1.45 bits per heavy atom. The molecule has 0 unspecified atom stereocenters. The van der Waals surface area contributed by atoms with E-state index in [9.17, 15) is 24.1 Å². The number of aliphatic carboxylic acids is 1. The van der Waals surface area contributed by atoms with Crippen LogP contribution in [-0.4, -0.2) is 39.4 Å². The Hall–Kier alpha value is -2.51. The predicted molar refractivity (Wildman–Crippen MR) is 66.9 cm³/mol. The molecule has 1 aromatic carbocycles. The summed E-state index contributed by atoms with van der Waals surface area (Å²) in [6, 6.07) is 2.06. The molecule has 0 aliphatic rings. The molecule has 0 aromatic heterocycles. The van der Waals surface area contributed by atoms with Crippen molar-refractivity contribution in [2.75, 3.05) is 6.54 Å². The minimum Gasteiger partial charge on any atom is -0.480 e. The van der Waals surface area contributed by atoms with Gasteiger partial charge in [0, 0.05) is 6.04 Å². The quantitative estimate of drug-likeness (QED) is 0.654. The van der Waals surface area contributed by atoms with Gasteiger partial charge in [-0.25, -0.2) is 4.39 Å². The lowest BCUT2D eigenvalue weighted by atomic mass is 10.1. The summed E-state index contributed by atoms with van der Waals surface area (Å²) in [5.41, 5.74) is -1.03. The Morgan fingerprint density at radius 3 is 2.50 bits per heavy atom. The van der Waals surface area contributed by atoms with Crippen LogP contribution in [0.25, 0.3) is 0 Å². The second kappa shape index (κ2) is 6.09. The summed E-state index contributed by atoms with van der Waals surface area (Å²) in [7, 11) is 0. The van der Waals surface area contributed by atoms with E-state index in [1.807, 2.05) is 0 Å². The fourth-order valence-corrected chi connectivity index (χ4v) is 1.63. The predicted octanol–water partition coefficient (Wildman–Crippen LogP) is 1.67. The molecule has 8 heteroatoms. The van der Waals surface area contributed by atoms with Crippen molar-refractivity contribution in [2.24, 2.45) is 0 Å². The smallest absolute Gasteiger partial charge is 0.323 e. The first kappa shape index (κ1) is 15.5. The van der Waals surface area contributed by atoms with E-state index in [0.717, 1.165) is 17.0 Å². The molecule has 0 aliphatic carbocycles. The molecule has 20 heavy (non-hydrogen) atoms. The Balaban J connectivity index is 3.24. The van der Waals surface area contributed by atoms with Crippen LogP contribution in [-0.2, 0) is 4.79 Å². The third kappa shape index (κ3) is 3.50. The van der Waals surface area contributed by atoms with Crippen LogP contribution in [0, 0.1) is 15.9 Å². The number of amides is 1. The Labute approximate surface area is 113 Å². The van der Waals surface area contributed by atoms with E-state index in [4.69, 9.17) is 5.11 Å². The lowest BCUT2D eigenvalue weighted by Gasteiger charge is -2.24. The monoisotopic (exact) mass is 284 g/mol. The van der Waals surface area contributed by atoms with Gasteiger partial charge < -0.3 is 10.0 Å². The maximum absolute atomic E-state index is 13.0. The number of nitro benzene ring substituents is 1. The summed E-state index contributed by atoms with van der Waals surface area (Å²) in [5, 5.41) is 19.6. The molecular formula is C12H13FN2O5. The maximum atomic E-state index is 13.0. The van der Waals surface area contributed by atoms with Crippen molar-refractivity contribution in [2.45, 2.75) is 19.9 Å². The van der Waals surface area contributed by atoms with Gasteiger partial charge in [0.05, 0.1) is 11.0 Å². The summed E-state index contributed by atoms with van der Waals surface area (Å²) in [5.74, 6) is -2.91. The van der Waals surface area contributed by atoms with E-state index in [1.165, 1.54) is 0 Å². The largest absolute Gasteiger partial charge is 0.480 e. The average Bonchev–Trinajstić information content (AvgIpc) is 2.34. The fourth-order valence-electron chi connectivity index (χ4n) is 1.63. The second-order valence-corrected chi connectivity index (χ2v) is 4.34. The second-order valence-electron chi connectivity index (χ2n) is 4.34. The molecular weight excluding hydrogens is 271 g/mol. The number of carbonyl (C=O) groups excluding carboxylic acids is 1. The highest BCUT2D eigenvalue weighted by atomic mass is 19.1. The summed E-state index contributed by atoms with van der Waals surface area (Å²) >= 11 is 0. The van der Waals surface area contributed by atoms with Gasteiger partial charge in [0.15, 0.2) is 0 Å². The van der Waals surface area contributed by atoms with E-state index in [-0.39, 0.29) is 5.56 Å². The number of hydrogen-bond acceptors (Lipinski definition) is 4. The molecule has 1 amide bonds. The van der Waals surface area contributed by atoms with Crippen molar-refractivity contribution in [3.8, 4) is 0 Å². The van der Waals surface area contributed by atoms with Crippen LogP contribution in [0.4, 0.5) is 10.1 Å². The zero-order valence-corrected chi connectivity index (χ0v) is 10.9. The fraction of sp³-hybridized carbons (Fsp3) is 0.333. The van der Waals surface area contributed by atoms with Crippen molar-refractivity contribution in [1.29, 1.82) is 0 Å². The lowest BCUT2D eigenvalue weighted by molar-refractivity contribution is -0.385. The van der Waals surface area contributed by atoms with Gasteiger partial charge in [0.25, 0.3) is 11.6 Å². The third-order valence-corrected chi connectivity index (χ3v) is 2.58. The van der Waals surface area contributed by atoms with Crippen molar-refractivity contribution < 1.29 is 24.0 Å². The van der Waals surface area contributed by atoms with Gasteiger partial charge in [-0.15, -0.1) is 0 Å². The van der Waals surface area contributed by atoms with Gasteiger partial charge in [-0.05, 0) is 26.0 Å². The van der Waals surface area contributed by atoms with Gasteiger partial charge >= 0.3 is 5.97 Å². The van der Waals surface area contributed by atoms with Gasteiger partial charge in [-0.1, -0.05) is 0 Å². The van der Waals surface area contributed by atoms with E-state index >= 15 is 0 Å². The number of nitrogens with zero attached hydrogens (tertiary/aromatic N) is 2. The summed E-state index contributed by atoms with van der Waals surface area (Å²) < 4.78 is 13.0. The number of carbonyl (C=O) groups is 2. The number of carboxylic acids is 1. The highest BCUT2D eigenvalue weighted by molar-refractivity contribution is 5.99. The summed E-state index contributed by atoms with van der Waals surface area (Å²) in [6.07, 6.45) is 0. The van der Waals surface area contributed by atoms with Crippen molar-refractivity contribution >= 4 is 17.6 Å². The summed E-state index contributed by atoms with van der Waals surface area (Å²) in [4.78, 5) is 33.9. The molecule has 0 aliphatic heterocycles. The molecule has 1 N–H and O–H groups in total. The molecule has 0 spiro atoms.